The monoisotopic (exact) mass is 512 g/mol. The third-order valence-electron chi connectivity index (χ3n) is 5.15. The predicted octanol–water partition coefficient (Wildman–Crippen LogP) is 3.04. The van der Waals surface area contributed by atoms with Crippen LogP contribution in [0.1, 0.15) is 22.3 Å². The van der Waals surface area contributed by atoms with Gasteiger partial charge in [-0.3, -0.25) is 25.9 Å². The Morgan fingerprint density at radius 1 is 1.35 bits per heavy atom. The van der Waals surface area contributed by atoms with Crippen molar-refractivity contribution >= 4 is 58.6 Å². The number of hydrogen-bond acceptors (Lipinski definition) is 7. The molecule has 7 N–H and O–H groups in total. The van der Waals surface area contributed by atoms with E-state index in [1.54, 1.807) is 4.90 Å². The number of amides is 1. The summed E-state index contributed by atoms with van der Waals surface area (Å²) in [6.45, 7) is 0.745. The SMILES string of the molecule is N=CN(C(=N)C(F)F)c1ccc(C(=O)NC2CCN(c3ncc(Cl)c(C(=N)N)c3O)C2)c(Cl)c1. The predicted molar refractivity (Wildman–Crippen MR) is 126 cm³/mol. The van der Waals surface area contributed by atoms with E-state index in [9.17, 15) is 18.7 Å². The Labute approximate surface area is 202 Å². The van der Waals surface area contributed by atoms with Gasteiger partial charge in [-0.1, -0.05) is 23.2 Å². The lowest BCUT2D eigenvalue weighted by Crippen LogP contribution is -2.37. The summed E-state index contributed by atoms with van der Waals surface area (Å²) in [7, 11) is 0. The average Bonchev–Trinajstić information content (AvgIpc) is 3.21. The first-order chi connectivity index (χ1) is 16.0. The molecule has 0 aliphatic carbocycles. The molecule has 1 unspecified atom stereocenters. The van der Waals surface area contributed by atoms with Crippen molar-refractivity contribution in [3.05, 3.63) is 45.6 Å². The number of amidine groups is 2. The number of nitrogen functional groups attached to an aromatic ring is 1. The zero-order valence-corrected chi connectivity index (χ0v) is 19.0. The number of halogens is 4. The van der Waals surface area contributed by atoms with Crippen LogP contribution in [0.15, 0.2) is 24.4 Å². The molecule has 0 bridgehead atoms. The Hall–Kier alpha value is -3.51. The second-order valence-corrected chi connectivity index (χ2v) is 8.14. The lowest BCUT2D eigenvalue weighted by atomic mass is 10.1. The van der Waals surface area contributed by atoms with Crippen molar-refractivity contribution in [2.75, 3.05) is 22.9 Å². The molecular weight excluding hydrogens is 493 g/mol. The number of carbonyl (C=O) groups excluding carboxylic acids is 1. The third-order valence-corrected chi connectivity index (χ3v) is 5.75. The van der Waals surface area contributed by atoms with Crippen molar-refractivity contribution in [2.24, 2.45) is 5.73 Å². The quantitative estimate of drug-likeness (QED) is 0.246. The van der Waals surface area contributed by atoms with Gasteiger partial charge in [0.2, 0.25) is 0 Å². The summed E-state index contributed by atoms with van der Waals surface area (Å²) in [6, 6.07) is 3.52. The van der Waals surface area contributed by atoms with Crippen molar-refractivity contribution < 1.29 is 18.7 Å². The van der Waals surface area contributed by atoms with E-state index in [1.807, 2.05) is 0 Å². The molecular formula is C20H20Cl2F2N8O2. The van der Waals surface area contributed by atoms with E-state index in [0.29, 0.717) is 30.7 Å². The maximum atomic E-state index is 12.8. The molecule has 0 radical (unpaired) electrons. The second kappa shape index (κ2) is 10.2. The molecule has 34 heavy (non-hydrogen) atoms. The van der Waals surface area contributed by atoms with Crippen LogP contribution in [0.4, 0.5) is 20.3 Å². The summed E-state index contributed by atoms with van der Waals surface area (Å²) >= 11 is 12.1. The van der Waals surface area contributed by atoms with Crippen LogP contribution in [0.2, 0.25) is 10.0 Å². The van der Waals surface area contributed by atoms with Crippen molar-refractivity contribution in [1.29, 1.82) is 16.2 Å². The van der Waals surface area contributed by atoms with E-state index < -0.39 is 24.0 Å². The number of aromatic hydroxyl groups is 1. The summed E-state index contributed by atoms with van der Waals surface area (Å²) in [5.41, 5.74) is 5.59. The van der Waals surface area contributed by atoms with E-state index in [1.165, 1.54) is 24.4 Å². The lowest BCUT2D eigenvalue weighted by molar-refractivity contribution is 0.0940. The van der Waals surface area contributed by atoms with Gasteiger partial charge >= 0.3 is 0 Å². The molecule has 2 heterocycles. The molecule has 1 aromatic carbocycles. The highest BCUT2D eigenvalue weighted by atomic mass is 35.5. The lowest BCUT2D eigenvalue weighted by Gasteiger charge is -2.21. The highest BCUT2D eigenvalue weighted by molar-refractivity contribution is 6.35. The second-order valence-electron chi connectivity index (χ2n) is 7.32. The van der Waals surface area contributed by atoms with Gasteiger partial charge < -0.3 is 21.1 Å². The Kier molecular flexibility index (Phi) is 7.52. The highest BCUT2D eigenvalue weighted by Crippen LogP contribution is 2.34. The Morgan fingerprint density at radius 2 is 2.06 bits per heavy atom. The minimum Gasteiger partial charge on any atom is -0.504 e. The van der Waals surface area contributed by atoms with Crippen molar-refractivity contribution in [1.82, 2.24) is 10.3 Å². The molecule has 1 saturated heterocycles. The summed E-state index contributed by atoms with van der Waals surface area (Å²) < 4.78 is 25.7. The molecule has 14 heteroatoms. The van der Waals surface area contributed by atoms with Crippen LogP contribution >= 0.6 is 23.2 Å². The number of alkyl halides is 2. The smallest absolute Gasteiger partial charge is 0.295 e. The first-order valence-electron chi connectivity index (χ1n) is 9.78. The van der Waals surface area contributed by atoms with Crippen LogP contribution in [-0.4, -0.2) is 59.6 Å². The number of nitrogens with one attached hydrogen (secondary N) is 4. The number of hydrogen-bond donors (Lipinski definition) is 6. The molecule has 1 aliphatic rings. The standard InChI is InChI=1S/C20H20Cl2F2N8O2/c21-12-5-10(32(8-25)18(28)16(23)24)1-2-11(12)20(34)30-9-3-4-31(7-9)19-15(33)14(17(26)27)13(22)6-29-19/h1-2,5-6,8-9,16,25,28,33H,3-4,7H2,(H3,26,27)(H,30,34). The number of aromatic nitrogens is 1. The van der Waals surface area contributed by atoms with E-state index in [2.05, 4.69) is 10.3 Å². The minimum absolute atomic E-state index is 0.0232. The summed E-state index contributed by atoms with van der Waals surface area (Å²) in [4.78, 5) is 19.2. The van der Waals surface area contributed by atoms with Crippen LogP contribution in [0, 0.1) is 16.2 Å². The Bertz CT molecular complexity index is 1160. The van der Waals surface area contributed by atoms with Gasteiger partial charge in [0.05, 0.1) is 27.5 Å². The molecule has 1 amide bonds. The third kappa shape index (κ3) is 5.02. The molecule has 0 saturated carbocycles. The summed E-state index contributed by atoms with van der Waals surface area (Å²) in [6.07, 6.45) is -0.723. The largest absolute Gasteiger partial charge is 0.504 e. The minimum atomic E-state index is -3.09. The summed E-state index contributed by atoms with van der Waals surface area (Å²) in [5.74, 6) is -2.15. The molecule has 1 aliphatic heterocycles. The zero-order valence-electron chi connectivity index (χ0n) is 17.4. The van der Waals surface area contributed by atoms with Gasteiger partial charge in [0.15, 0.2) is 17.4 Å². The van der Waals surface area contributed by atoms with Crippen molar-refractivity contribution in [2.45, 2.75) is 18.9 Å². The van der Waals surface area contributed by atoms with Crippen LogP contribution < -0.4 is 20.9 Å². The zero-order chi connectivity index (χ0) is 25.2. The van der Waals surface area contributed by atoms with Crippen LogP contribution in [0.5, 0.6) is 5.75 Å². The van der Waals surface area contributed by atoms with Gasteiger partial charge in [0, 0.05) is 31.0 Å². The fraction of sp³-hybridized carbons (Fsp3) is 0.250. The van der Waals surface area contributed by atoms with E-state index in [4.69, 9.17) is 45.2 Å². The normalized spacial score (nSPS) is 15.3. The molecule has 2 aromatic rings. The first-order valence-corrected chi connectivity index (χ1v) is 10.5. The highest BCUT2D eigenvalue weighted by Gasteiger charge is 2.29. The van der Waals surface area contributed by atoms with Crippen LogP contribution in [-0.2, 0) is 0 Å². The fourth-order valence-electron chi connectivity index (χ4n) is 3.52. The van der Waals surface area contributed by atoms with E-state index in [0.717, 1.165) is 0 Å². The van der Waals surface area contributed by atoms with Gasteiger partial charge in [-0.2, -0.15) is 0 Å². The van der Waals surface area contributed by atoms with Crippen molar-refractivity contribution in [3.63, 3.8) is 0 Å². The number of rotatable bonds is 7. The van der Waals surface area contributed by atoms with Gasteiger partial charge in [-0.15, -0.1) is 0 Å². The number of carbonyl (C=O) groups is 1. The molecule has 3 rings (SSSR count). The Balaban J connectivity index is 1.72. The molecule has 1 aromatic heterocycles. The number of anilines is 2. The molecule has 180 valence electrons. The van der Waals surface area contributed by atoms with Crippen LogP contribution in [0.25, 0.3) is 0 Å². The number of benzene rings is 1. The van der Waals surface area contributed by atoms with Gasteiger partial charge in [-0.25, -0.2) is 13.8 Å². The molecule has 10 nitrogen and oxygen atoms in total. The fourth-order valence-corrected chi connectivity index (χ4v) is 4.02. The number of nitrogens with two attached hydrogens (primary N) is 1. The van der Waals surface area contributed by atoms with E-state index >= 15 is 0 Å². The number of nitrogens with zero attached hydrogens (tertiary/aromatic N) is 3. The first kappa shape index (κ1) is 25.1. The van der Waals surface area contributed by atoms with Gasteiger partial charge in [-0.05, 0) is 24.6 Å². The Morgan fingerprint density at radius 3 is 2.65 bits per heavy atom. The average molecular weight is 513 g/mol. The molecule has 0 spiro atoms. The van der Waals surface area contributed by atoms with Gasteiger partial charge in [0.1, 0.15) is 5.84 Å². The van der Waals surface area contributed by atoms with Gasteiger partial charge in [0.25, 0.3) is 12.3 Å². The van der Waals surface area contributed by atoms with Crippen molar-refractivity contribution in [3.8, 4) is 5.75 Å². The number of pyridine rings is 1. The molecule has 1 atom stereocenters. The van der Waals surface area contributed by atoms with Crippen LogP contribution in [0.3, 0.4) is 0 Å². The maximum Gasteiger partial charge on any atom is 0.295 e. The topological polar surface area (TPSA) is 166 Å². The van der Waals surface area contributed by atoms with E-state index in [-0.39, 0.29) is 44.5 Å². The summed E-state index contributed by atoms with van der Waals surface area (Å²) in [5, 5.41) is 35.5. The molecule has 1 fully saturated rings. The maximum absolute atomic E-state index is 12.8.